The molecule has 5 rings (SSSR count). The van der Waals surface area contributed by atoms with E-state index >= 15 is 0 Å². The van der Waals surface area contributed by atoms with Crippen LogP contribution in [0.15, 0.2) is 48.9 Å². The molecular formula is C26H30ClN7O. The lowest BCUT2D eigenvalue weighted by Gasteiger charge is -2.38. The molecule has 0 spiro atoms. The highest BCUT2D eigenvalue weighted by molar-refractivity contribution is 6.30. The van der Waals surface area contributed by atoms with E-state index in [1.165, 1.54) is 0 Å². The van der Waals surface area contributed by atoms with Crippen molar-refractivity contribution in [3.8, 4) is 11.1 Å². The van der Waals surface area contributed by atoms with Crippen LogP contribution >= 0.6 is 11.6 Å². The number of piperidine rings is 2. The van der Waals surface area contributed by atoms with Crippen molar-refractivity contribution in [2.75, 3.05) is 30.3 Å². The highest BCUT2D eigenvalue weighted by Gasteiger charge is 2.33. The van der Waals surface area contributed by atoms with Gasteiger partial charge in [-0.2, -0.15) is 0 Å². The third-order valence-electron chi connectivity index (χ3n) is 7.04. The maximum Gasteiger partial charge on any atom is 0.225 e. The molecule has 8 nitrogen and oxygen atoms in total. The summed E-state index contributed by atoms with van der Waals surface area (Å²) in [5, 5.41) is 0.672. The smallest absolute Gasteiger partial charge is 0.225 e. The number of benzene rings is 1. The van der Waals surface area contributed by atoms with Gasteiger partial charge >= 0.3 is 0 Å². The Morgan fingerprint density at radius 2 is 1.74 bits per heavy atom. The highest BCUT2D eigenvalue weighted by atomic mass is 35.5. The Balaban J connectivity index is 1.31. The van der Waals surface area contributed by atoms with E-state index in [4.69, 9.17) is 17.3 Å². The molecule has 2 fully saturated rings. The van der Waals surface area contributed by atoms with Gasteiger partial charge in [-0.1, -0.05) is 23.7 Å². The number of carbonyl (C=O) groups is 1. The van der Waals surface area contributed by atoms with Crippen LogP contribution in [0.1, 0.15) is 50.3 Å². The topological polar surface area (TPSA) is 101 Å². The molecule has 1 amide bonds. The van der Waals surface area contributed by atoms with Crippen LogP contribution < -0.4 is 10.6 Å². The molecule has 1 aromatic carbocycles. The number of hydrogen-bond donors (Lipinski definition) is 1. The normalized spacial score (nSPS) is 19.1. The van der Waals surface area contributed by atoms with E-state index in [-0.39, 0.29) is 17.9 Å². The van der Waals surface area contributed by atoms with Crippen molar-refractivity contribution in [3.63, 3.8) is 0 Å². The van der Waals surface area contributed by atoms with Gasteiger partial charge in [0.05, 0.1) is 11.7 Å². The summed E-state index contributed by atoms with van der Waals surface area (Å²) in [5.74, 6) is 1.55. The molecule has 1 unspecified atom stereocenters. The average molecular weight is 492 g/mol. The lowest BCUT2D eigenvalue weighted by atomic mass is 9.90. The summed E-state index contributed by atoms with van der Waals surface area (Å²) >= 11 is 6.10. The van der Waals surface area contributed by atoms with E-state index in [2.05, 4.69) is 24.8 Å². The summed E-state index contributed by atoms with van der Waals surface area (Å²) in [6, 6.07) is 9.35. The molecule has 2 aliphatic heterocycles. The number of halogens is 1. The Morgan fingerprint density at radius 1 is 1.00 bits per heavy atom. The minimum Gasteiger partial charge on any atom is -0.368 e. The fourth-order valence-electron chi connectivity index (χ4n) is 5.19. The Kier molecular flexibility index (Phi) is 7.08. The molecule has 4 heterocycles. The van der Waals surface area contributed by atoms with Crippen molar-refractivity contribution in [3.05, 3.63) is 59.6 Å². The third-order valence-corrected chi connectivity index (χ3v) is 7.30. The molecule has 0 radical (unpaired) electrons. The third kappa shape index (κ3) is 5.37. The van der Waals surface area contributed by atoms with Gasteiger partial charge < -0.3 is 15.5 Å². The van der Waals surface area contributed by atoms with Gasteiger partial charge in [0.15, 0.2) is 0 Å². The van der Waals surface area contributed by atoms with Gasteiger partial charge in [-0.05, 0) is 61.8 Å². The number of nitrogen functional groups attached to an aromatic ring is 1. The van der Waals surface area contributed by atoms with Crippen LogP contribution in [-0.4, -0.2) is 50.4 Å². The fraction of sp³-hybridized carbons (Fsp3) is 0.423. The first kappa shape index (κ1) is 23.5. The largest absolute Gasteiger partial charge is 0.368 e. The molecule has 0 bridgehead atoms. The molecule has 182 valence electrons. The quantitative estimate of drug-likeness (QED) is 0.559. The molecule has 0 saturated carbocycles. The first-order valence-corrected chi connectivity index (χ1v) is 12.7. The van der Waals surface area contributed by atoms with Crippen LogP contribution in [0, 0.1) is 5.92 Å². The van der Waals surface area contributed by atoms with E-state index < -0.39 is 0 Å². The minimum atomic E-state index is -0.106. The van der Waals surface area contributed by atoms with E-state index in [1.807, 2.05) is 35.2 Å². The molecule has 3 aromatic rings. The van der Waals surface area contributed by atoms with Crippen LogP contribution in [0.3, 0.4) is 0 Å². The van der Waals surface area contributed by atoms with E-state index in [9.17, 15) is 4.79 Å². The first-order valence-electron chi connectivity index (χ1n) is 12.3. The van der Waals surface area contributed by atoms with Crippen LogP contribution in [0.5, 0.6) is 0 Å². The van der Waals surface area contributed by atoms with Gasteiger partial charge in [0.1, 0.15) is 0 Å². The van der Waals surface area contributed by atoms with Gasteiger partial charge in [0.2, 0.25) is 17.8 Å². The van der Waals surface area contributed by atoms with Crippen LogP contribution in [0.4, 0.5) is 11.9 Å². The van der Waals surface area contributed by atoms with Gasteiger partial charge in [-0.3, -0.25) is 4.79 Å². The Bertz CT molecular complexity index is 1150. The summed E-state index contributed by atoms with van der Waals surface area (Å²) in [6.45, 7) is 2.48. The van der Waals surface area contributed by atoms with Gasteiger partial charge in [0.25, 0.3) is 0 Å². The fourth-order valence-corrected chi connectivity index (χ4v) is 5.31. The van der Waals surface area contributed by atoms with Crippen molar-refractivity contribution in [1.82, 2.24) is 24.8 Å². The summed E-state index contributed by atoms with van der Waals surface area (Å²) in [5.41, 5.74) is 8.70. The van der Waals surface area contributed by atoms with Crippen molar-refractivity contribution in [2.45, 2.75) is 44.6 Å². The number of rotatable bonds is 5. The van der Waals surface area contributed by atoms with Crippen molar-refractivity contribution < 1.29 is 4.79 Å². The number of amides is 1. The number of aromatic nitrogens is 4. The van der Waals surface area contributed by atoms with Gasteiger partial charge in [0, 0.05) is 55.2 Å². The SMILES string of the molecule is Nc1ncc(-c2ccc(Cl)cc2)c(C2CCCCN2C(=O)CC2CCN(c3ncccn3)CC2)n1. The number of hydrogen-bond acceptors (Lipinski definition) is 7. The van der Waals surface area contributed by atoms with E-state index in [1.54, 1.807) is 18.6 Å². The predicted molar refractivity (Wildman–Crippen MR) is 137 cm³/mol. The average Bonchev–Trinajstić information content (AvgIpc) is 2.90. The second-order valence-corrected chi connectivity index (χ2v) is 9.75. The molecule has 2 aromatic heterocycles. The zero-order chi connectivity index (χ0) is 24.2. The van der Waals surface area contributed by atoms with Crippen molar-refractivity contribution in [1.29, 1.82) is 0 Å². The highest BCUT2D eigenvalue weighted by Crippen LogP contribution is 2.37. The molecule has 0 aliphatic carbocycles. The van der Waals surface area contributed by atoms with E-state index in [0.717, 1.165) is 74.5 Å². The van der Waals surface area contributed by atoms with Crippen LogP contribution in [-0.2, 0) is 4.79 Å². The number of nitrogens with two attached hydrogens (primary N) is 1. The molecule has 2 saturated heterocycles. The zero-order valence-corrected chi connectivity index (χ0v) is 20.4. The van der Waals surface area contributed by atoms with Crippen LogP contribution in [0.25, 0.3) is 11.1 Å². The molecular weight excluding hydrogens is 462 g/mol. The van der Waals surface area contributed by atoms with Gasteiger partial charge in [-0.25, -0.2) is 19.9 Å². The summed E-state index contributed by atoms with van der Waals surface area (Å²) in [6.07, 6.45) is 10.7. The van der Waals surface area contributed by atoms with E-state index in [0.29, 0.717) is 17.4 Å². The molecule has 2 aliphatic rings. The monoisotopic (exact) mass is 491 g/mol. The zero-order valence-electron chi connectivity index (χ0n) is 19.7. The maximum atomic E-state index is 13.6. The molecule has 9 heteroatoms. The number of anilines is 2. The summed E-state index contributed by atoms with van der Waals surface area (Å²) < 4.78 is 0. The first-order chi connectivity index (χ1) is 17.1. The van der Waals surface area contributed by atoms with Gasteiger partial charge in [-0.15, -0.1) is 0 Å². The Hall–Kier alpha value is -3.26. The number of likely N-dealkylation sites (tertiary alicyclic amines) is 1. The minimum absolute atomic E-state index is 0.106. The number of nitrogens with zero attached hydrogens (tertiary/aromatic N) is 6. The molecule has 2 N–H and O–H groups in total. The second kappa shape index (κ2) is 10.6. The predicted octanol–water partition coefficient (Wildman–Crippen LogP) is 4.53. The maximum absolute atomic E-state index is 13.6. The lowest BCUT2D eigenvalue weighted by molar-refractivity contribution is -0.136. The summed E-state index contributed by atoms with van der Waals surface area (Å²) in [4.78, 5) is 35.4. The van der Waals surface area contributed by atoms with Crippen molar-refractivity contribution >= 4 is 29.4 Å². The second-order valence-electron chi connectivity index (χ2n) is 9.32. The summed E-state index contributed by atoms with van der Waals surface area (Å²) in [7, 11) is 0. The van der Waals surface area contributed by atoms with Crippen molar-refractivity contribution in [2.24, 2.45) is 5.92 Å². The lowest BCUT2D eigenvalue weighted by Crippen LogP contribution is -2.41. The van der Waals surface area contributed by atoms with Crippen LogP contribution in [0.2, 0.25) is 5.02 Å². The molecule has 35 heavy (non-hydrogen) atoms. The Morgan fingerprint density at radius 3 is 2.49 bits per heavy atom. The molecule has 1 atom stereocenters. The number of carbonyl (C=O) groups excluding carboxylic acids is 1. The Labute approximate surface area is 210 Å². The standard InChI is InChI=1S/C26H30ClN7O/c27-20-7-5-19(6-8-20)21-17-31-25(28)32-24(21)22-4-1-2-13-34(22)23(35)16-18-9-14-33(15-10-18)26-29-11-3-12-30-26/h3,5-8,11-12,17-18,22H,1-2,4,9-10,13-16H2,(H2,28,31,32).